The topological polar surface area (TPSA) is 256 Å². The number of Topliss-reactive ketones (excluding diaryl/α,β-unsaturated/α-hetero) is 3. The van der Waals surface area contributed by atoms with Crippen LogP contribution in [-0.2, 0) is 64.2 Å². The van der Waals surface area contributed by atoms with Crippen LogP contribution in [0.5, 0.6) is 28.7 Å². The highest BCUT2D eigenvalue weighted by molar-refractivity contribution is 6.06. The van der Waals surface area contributed by atoms with Gasteiger partial charge in [-0.3, -0.25) is 33.6 Å². The number of nitrogens with zero attached hydrogens (tertiary/aromatic N) is 4. The fourth-order valence-corrected chi connectivity index (χ4v) is 14.4. The number of methoxy groups -OCH3 is 3. The Morgan fingerprint density at radius 3 is 2.08 bits per heavy atom. The van der Waals surface area contributed by atoms with E-state index < -0.39 is 36.2 Å². The predicted molar refractivity (Wildman–Crippen MR) is 391 cm³/mol. The largest absolute Gasteiger partial charge is 0.497 e. The molecular formula is C83H91N5O17. The van der Waals surface area contributed by atoms with Crippen LogP contribution in [0, 0.1) is 29.1 Å². The monoisotopic (exact) mass is 1430 g/mol. The number of ether oxygens (including phenoxy) is 8. The Morgan fingerprint density at radius 1 is 0.667 bits per heavy atom. The summed E-state index contributed by atoms with van der Waals surface area (Å²) in [5, 5.41) is 15.0. The fraction of sp³-hybridized carbons (Fsp3) is 0.422. The molecule has 0 radical (unpaired) electrons. The van der Waals surface area contributed by atoms with Crippen molar-refractivity contribution in [2.45, 2.75) is 142 Å². The van der Waals surface area contributed by atoms with Crippen LogP contribution in [0.3, 0.4) is 0 Å². The number of benzene rings is 6. The molecule has 0 bridgehead atoms. The van der Waals surface area contributed by atoms with Crippen molar-refractivity contribution in [3.8, 4) is 40.6 Å². The van der Waals surface area contributed by atoms with Gasteiger partial charge in [-0.2, -0.15) is 0 Å². The number of aliphatic hydroxyl groups is 1. The molecule has 0 aromatic heterocycles. The van der Waals surface area contributed by atoms with Gasteiger partial charge in [0, 0.05) is 92.6 Å². The number of hydrogen-bond donors (Lipinski definition) is 2. The molecule has 1 saturated carbocycles. The van der Waals surface area contributed by atoms with Crippen LogP contribution in [0.2, 0.25) is 0 Å². The van der Waals surface area contributed by atoms with Crippen LogP contribution in [0.4, 0.5) is 16.2 Å². The van der Waals surface area contributed by atoms with Gasteiger partial charge in [-0.25, -0.2) is 9.69 Å². The molecule has 1 saturated heterocycles. The van der Waals surface area contributed by atoms with E-state index >= 15 is 0 Å². The number of ketones is 3. The third-order valence-corrected chi connectivity index (χ3v) is 20.7. The summed E-state index contributed by atoms with van der Waals surface area (Å²) in [6.45, 7) is 6.55. The standard InChI is InChI=1S/C83H91N5O17/c1-52(2)66(42-64(90)50-102-38-37-101-34-11-16-63(89)28-31-77(92)86-47-60-15-8-7-13-56(60)22-23-58-14-9-10-17-69(58)86)78(93)84-53(3)72(91)39-54-18-20-55(21-19-54)49-105-82(97)88-70-45-76(74(100-6)44-68(70)80(95)87-51-83(32-33-83)46-71(87)81(88)96)104-36-12-35-103-75-41-59-24-27-62-40-61(57-25-29-65(98-4)30-26-57)48-85(62)79(94)67(59)43-73(75)99-5/h7-10,13-15,17-21,25-26,29-30,41,43-45,48,52-53,62,66,71,81,96H,11-12,16,24,27-28,31-40,42,46-47,49-51H2,1-6H3,(H,84,93)/t53-,62+,66-,71-,81?/m0/s1. The number of anilines is 2. The van der Waals surface area contributed by atoms with E-state index in [1.165, 1.54) is 26.4 Å². The average molecular weight is 1430 g/mol. The lowest BCUT2D eigenvalue weighted by Crippen LogP contribution is -2.50. The van der Waals surface area contributed by atoms with Crippen molar-refractivity contribution in [3.63, 3.8) is 0 Å². The van der Waals surface area contributed by atoms with Gasteiger partial charge in [-0.15, -0.1) is 0 Å². The lowest BCUT2D eigenvalue weighted by atomic mass is 9.89. The summed E-state index contributed by atoms with van der Waals surface area (Å²) < 4.78 is 46.7. The molecule has 1 aliphatic carbocycles. The highest BCUT2D eigenvalue weighted by Gasteiger charge is 2.58. The highest BCUT2D eigenvalue weighted by Crippen LogP contribution is 2.57. The smallest absolute Gasteiger partial charge is 0.416 e. The number of aryl methyl sites for hydroxylation is 1. The summed E-state index contributed by atoms with van der Waals surface area (Å²) in [5.41, 5.74) is 8.17. The Morgan fingerprint density at radius 2 is 1.35 bits per heavy atom. The molecule has 22 nitrogen and oxygen atoms in total. The summed E-state index contributed by atoms with van der Waals surface area (Å²) in [6, 6.07) is 35.1. The number of fused-ring (bicyclic) bond motifs is 6. The number of aliphatic hydroxyl groups excluding tert-OH is 1. The van der Waals surface area contributed by atoms with Crippen molar-refractivity contribution in [1.29, 1.82) is 0 Å². The van der Waals surface area contributed by atoms with Gasteiger partial charge in [0.2, 0.25) is 11.8 Å². The highest BCUT2D eigenvalue weighted by atomic mass is 16.6. The number of nitrogens with one attached hydrogen (secondary N) is 1. The number of carbonyl (C=O) groups is 8. The van der Waals surface area contributed by atoms with Crippen molar-refractivity contribution in [1.82, 2.24) is 15.1 Å². The first-order valence-corrected chi connectivity index (χ1v) is 36.2. The summed E-state index contributed by atoms with van der Waals surface area (Å²) in [6.07, 6.45) is 5.23. The van der Waals surface area contributed by atoms with Crippen LogP contribution in [0.15, 0.2) is 128 Å². The average Bonchev–Trinajstić information content (AvgIpc) is 1.57. The number of rotatable bonds is 32. The Labute approximate surface area is 612 Å². The molecule has 5 aliphatic heterocycles. The normalized spacial score (nSPS) is 17.8. The predicted octanol–water partition coefficient (Wildman–Crippen LogP) is 11.2. The summed E-state index contributed by atoms with van der Waals surface area (Å²) in [5.74, 6) is 5.98. The molecule has 5 amide bonds. The SMILES string of the molecule is COc1ccc(C2=CN3C(=O)c4cc(OC)c(OCCCOc5cc6c(cc5OC)C(=O)N5CC7(CC7)C[C@H]5C(O)N6C(=O)OCc5ccc(CC(=O)[C@H](C)NC(=O)[C@@H](CC(=O)COCCOCCCC(=O)CCC(=O)N6Cc7ccccc7C#Cc7ccccc76)C(C)C)cc5)cc4CC[C@@H]3C2)cc1. The first kappa shape index (κ1) is 74.4. The summed E-state index contributed by atoms with van der Waals surface area (Å²) in [4.78, 5) is 116. The van der Waals surface area contributed by atoms with Crippen LogP contribution in [0.1, 0.15) is 151 Å². The summed E-state index contributed by atoms with van der Waals surface area (Å²) >= 11 is 0. The van der Waals surface area contributed by atoms with E-state index in [1.54, 1.807) is 54.2 Å². The molecule has 6 aromatic rings. The maximum absolute atomic E-state index is 14.5. The molecule has 5 atom stereocenters. The minimum absolute atomic E-state index is 0.0112. The number of para-hydroxylation sites is 1. The van der Waals surface area contributed by atoms with Gasteiger partial charge in [-0.05, 0) is 145 Å². The molecule has 22 heteroatoms. The van der Waals surface area contributed by atoms with Crippen LogP contribution < -0.4 is 38.8 Å². The van der Waals surface area contributed by atoms with E-state index in [2.05, 4.69) is 17.2 Å². The second-order valence-electron chi connectivity index (χ2n) is 28.3. The van der Waals surface area contributed by atoms with Gasteiger partial charge in [0.25, 0.3) is 11.8 Å². The lowest BCUT2D eigenvalue weighted by molar-refractivity contribution is -0.134. The molecule has 12 rings (SSSR count). The lowest BCUT2D eigenvalue weighted by Gasteiger charge is -2.31. The summed E-state index contributed by atoms with van der Waals surface area (Å²) in [7, 11) is 4.63. The second-order valence-corrected chi connectivity index (χ2v) is 28.3. The van der Waals surface area contributed by atoms with Gasteiger partial charge in [0.1, 0.15) is 24.7 Å². The maximum atomic E-state index is 14.5. The van der Waals surface area contributed by atoms with Crippen LogP contribution >= 0.6 is 0 Å². The first-order chi connectivity index (χ1) is 50.8. The first-order valence-electron chi connectivity index (χ1n) is 36.2. The molecular weight excluding hydrogens is 1340 g/mol. The molecule has 2 fully saturated rings. The van der Waals surface area contributed by atoms with Gasteiger partial charge in [0.05, 0.1) is 83.3 Å². The van der Waals surface area contributed by atoms with Crippen LogP contribution in [0.25, 0.3) is 5.57 Å². The number of hydrogen-bond acceptors (Lipinski definition) is 17. The molecule has 6 aromatic carbocycles. The zero-order valence-electron chi connectivity index (χ0n) is 60.4. The van der Waals surface area contributed by atoms with E-state index in [4.69, 9.17) is 37.9 Å². The van der Waals surface area contributed by atoms with Gasteiger partial charge < -0.3 is 63.0 Å². The molecule has 1 unspecified atom stereocenters. The quantitative estimate of drug-likeness (QED) is 0.0294. The van der Waals surface area contributed by atoms with Gasteiger partial charge in [-0.1, -0.05) is 92.4 Å². The van der Waals surface area contributed by atoms with E-state index in [-0.39, 0.29) is 147 Å². The van der Waals surface area contributed by atoms with E-state index in [0.29, 0.717) is 73.6 Å². The van der Waals surface area contributed by atoms with E-state index in [0.717, 1.165) is 75.4 Å². The molecule has 105 heavy (non-hydrogen) atoms. The second kappa shape index (κ2) is 33.6. The minimum atomic E-state index is -1.47. The minimum Gasteiger partial charge on any atom is -0.497 e. The zero-order valence-corrected chi connectivity index (χ0v) is 60.4. The van der Waals surface area contributed by atoms with Crippen molar-refractivity contribution >= 4 is 64.0 Å². The number of carbonyl (C=O) groups excluding carboxylic acids is 8. The van der Waals surface area contributed by atoms with Crippen molar-refractivity contribution in [2.24, 2.45) is 17.3 Å². The zero-order chi connectivity index (χ0) is 73.9. The third-order valence-electron chi connectivity index (χ3n) is 20.7. The number of amides is 5. The molecule has 5 heterocycles. The van der Waals surface area contributed by atoms with Crippen molar-refractivity contribution in [3.05, 3.63) is 178 Å². The molecule has 550 valence electrons. The van der Waals surface area contributed by atoms with Crippen molar-refractivity contribution in [2.75, 3.05) is 77.3 Å². The third kappa shape index (κ3) is 17.6. The molecule has 2 N–H and O–H groups in total. The fourth-order valence-electron chi connectivity index (χ4n) is 14.4. The van der Waals surface area contributed by atoms with Gasteiger partial charge >= 0.3 is 6.09 Å². The van der Waals surface area contributed by atoms with E-state index in [9.17, 15) is 43.5 Å². The Hall–Kier alpha value is -10.3. The van der Waals surface area contributed by atoms with Crippen LogP contribution in [-0.4, -0.2) is 154 Å². The molecule has 6 aliphatic rings. The Kier molecular flexibility index (Phi) is 23.8. The Bertz CT molecular complexity index is 4340. The maximum Gasteiger partial charge on any atom is 0.416 e. The van der Waals surface area contributed by atoms with Crippen molar-refractivity contribution < 1.29 is 81.4 Å². The molecule has 1 spiro atoms. The van der Waals surface area contributed by atoms with E-state index in [1.807, 2.05) is 104 Å². The van der Waals surface area contributed by atoms with Gasteiger partial charge in [0.15, 0.2) is 40.8 Å². The Balaban J connectivity index is 0.579.